The monoisotopic (exact) mass is 718 g/mol. The second-order valence-corrected chi connectivity index (χ2v) is 35.7. The third-order valence-electron chi connectivity index (χ3n) is 8.30. The van der Waals surface area contributed by atoms with Crippen LogP contribution in [0.5, 0.6) is 0 Å². The first-order valence-corrected chi connectivity index (χ1v) is 24.9. The van der Waals surface area contributed by atoms with Crippen molar-refractivity contribution in [2.45, 2.75) is 13.8 Å². The van der Waals surface area contributed by atoms with Crippen LogP contribution in [0.1, 0.15) is 13.8 Å². The third-order valence-corrected chi connectivity index (χ3v) is 51.8. The Morgan fingerprint density at radius 2 is 0.489 bits per heavy atom. The minimum atomic E-state index is -4.15. The van der Waals surface area contributed by atoms with Crippen LogP contribution in [-0.2, 0) is 24.1 Å². The molecule has 6 aromatic rings. The van der Waals surface area contributed by atoms with Crippen LogP contribution < -0.4 is 31.8 Å². The van der Waals surface area contributed by atoms with Crippen LogP contribution in [0.25, 0.3) is 0 Å². The molecule has 0 radical (unpaired) electrons. The fourth-order valence-corrected chi connectivity index (χ4v) is 62.0. The summed E-state index contributed by atoms with van der Waals surface area (Å²) < 4.78 is 0.108. The number of carbonyl (C=O) groups excluding carboxylic acids is 2. The molecule has 0 saturated heterocycles. The molecule has 0 amide bonds. The normalized spacial score (nSPS) is 13.0. The summed E-state index contributed by atoms with van der Waals surface area (Å²) in [6, 6.07) is 63.2. The predicted octanol–water partition coefficient (Wildman–Crippen LogP) is 6.52. The first-order chi connectivity index (χ1) is 22.0. The van der Waals surface area contributed by atoms with E-state index in [-0.39, 0.29) is 8.51 Å². The maximum atomic E-state index is 15.6. The molecule has 6 rings (SSSR count). The van der Waals surface area contributed by atoms with E-state index in [1.54, 1.807) is 13.8 Å². The average Bonchev–Trinajstić information content (AvgIpc) is 3.10. The van der Waals surface area contributed by atoms with Gasteiger partial charge in [-0.3, -0.25) is 0 Å². The molecule has 0 fully saturated rings. The van der Waals surface area contributed by atoms with E-state index < -0.39 is 25.4 Å². The molecule has 230 valence electrons. The van der Waals surface area contributed by atoms with Crippen molar-refractivity contribution in [2.75, 3.05) is 0 Å². The van der Waals surface area contributed by atoms with Gasteiger partial charge in [-0.15, -0.1) is 0 Å². The molecule has 2 nitrogen and oxygen atoms in total. The van der Waals surface area contributed by atoms with E-state index in [0.29, 0.717) is 0 Å². The zero-order valence-corrected chi connectivity index (χ0v) is 29.0. The van der Waals surface area contributed by atoms with Gasteiger partial charge in [0.05, 0.1) is 0 Å². The Kier molecular flexibility index (Phi) is 9.19. The van der Waals surface area contributed by atoms with E-state index in [9.17, 15) is 0 Å². The average molecular weight is 719 g/mol. The zero-order chi connectivity index (χ0) is 31.3. The molecule has 0 aromatic heterocycles. The third kappa shape index (κ3) is 4.83. The minimum absolute atomic E-state index is 0.0541. The van der Waals surface area contributed by atoms with Crippen molar-refractivity contribution >= 4 is 51.2 Å². The molecule has 0 unspecified atom stereocenters. The Bertz CT molecular complexity index is 1550. The molecule has 0 aliphatic carbocycles. The van der Waals surface area contributed by atoms with Gasteiger partial charge in [-0.05, 0) is 0 Å². The first kappa shape index (κ1) is 31.2. The molecule has 0 heterocycles. The molecule has 0 saturated carbocycles. The quantitative estimate of drug-likeness (QED) is 0.120. The van der Waals surface area contributed by atoms with Crippen LogP contribution in [0.4, 0.5) is 0 Å². The maximum absolute atomic E-state index is 15.6. The van der Waals surface area contributed by atoms with Crippen molar-refractivity contribution in [2.24, 2.45) is 0 Å². The number of hydrogen-bond acceptors (Lipinski definition) is 2. The standard InChI is InChI=1S/2C18H15P.2C2H3O.Pd/c2*1-4-10-16(11-5-1)19(17-12-6-2-7-13-17)18-14-8-3-9-15-18;2*1-2-3;/h2*1-15H;2*1H3;/q;;;;-2/p+2. The van der Waals surface area contributed by atoms with Crippen LogP contribution in [-0.4, -0.2) is 8.51 Å². The number of hydrogen-bond donors (Lipinski definition) is 0. The molecule has 0 atom stereocenters. The van der Waals surface area contributed by atoms with E-state index in [2.05, 4.69) is 146 Å². The van der Waals surface area contributed by atoms with E-state index in [4.69, 9.17) is 0 Å². The first-order valence-electron chi connectivity index (χ1n) is 15.0. The van der Waals surface area contributed by atoms with E-state index in [1.807, 2.05) is 36.4 Å². The Morgan fingerprint density at radius 1 is 0.333 bits per heavy atom. The van der Waals surface area contributed by atoms with Crippen molar-refractivity contribution < 1.29 is 24.1 Å². The van der Waals surface area contributed by atoms with Crippen molar-refractivity contribution in [1.29, 1.82) is 0 Å². The van der Waals surface area contributed by atoms with Gasteiger partial charge in [0.15, 0.2) is 0 Å². The van der Waals surface area contributed by atoms with Gasteiger partial charge in [-0.1, -0.05) is 0 Å². The summed E-state index contributed by atoms with van der Waals surface area (Å²) in [5.74, 6) is 0. The van der Waals surface area contributed by atoms with Crippen molar-refractivity contribution in [3.05, 3.63) is 182 Å². The summed E-state index contributed by atoms with van der Waals surface area (Å²) in [6.07, 6.45) is 0. The summed E-state index contributed by atoms with van der Waals surface area (Å²) in [4.78, 5) is 31.1. The van der Waals surface area contributed by atoms with Gasteiger partial charge in [-0.25, -0.2) is 0 Å². The van der Waals surface area contributed by atoms with Crippen LogP contribution in [0.3, 0.4) is 0 Å². The molecular weight excluding hydrogens is 681 g/mol. The number of carbonyl (C=O) groups is 2. The second kappa shape index (κ2) is 13.3. The van der Waals surface area contributed by atoms with Gasteiger partial charge in [0.25, 0.3) is 0 Å². The Balaban J connectivity index is 2.01. The Hall–Kier alpha value is -3.82. The summed E-state index contributed by atoms with van der Waals surface area (Å²) in [5.41, 5.74) is -7.00. The van der Waals surface area contributed by atoms with E-state index in [1.165, 1.54) is 0 Å². The molecule has 0 aliphatic rings. The van der Waals surface area contributed by atoms with Gasteiger partial charge in [0.2, 0.25) is 0 Å². The van der Waals surface area contributed by atoms with Gasteiger partial charge in [0.1, 0.15) is 0 Å². The second-order valence-electron chi connectivity index (χ2n) is 10.7. The van der Waals surface area contributed by atoms with Gasteiger partial charge < -0.3 is 0 Å². The van der Waals surface area contributed by atoms with Crippen LogP contribution in [0.15, 0.2) is 182 Å². The molecule has 0 N–H and O–H groups in total. The summed E-state index contributed by atoms with van der Waals surface area (Å²) >= 11 is -4.15. The molecule has 6 aromatic carbocycles. The fraction of sp³-hybridized carbons (Fsp3) is 0.0500. The molecular formula is C40H38O2P2Pd. The molecule has 0 bridgehead atoms. The summed E-state index contributed by atoms with van der Waals surface area (Å²) in [5, 5.41) is 6.61. The van der Waals surface area contributed by atoms with Crippen molar-refractivity contribution in [1.82, 2.24) is 0 Å². The van der Waals surface area contributed by atoms with Crippen LogP contribution >= 0.6 is 10.9 Å². The summed E-state index contributed by atoms with van der Waals surface area (Å²) in [7, 11) is 0. The molecule has 0 spiro atoms. The van der Waals surface area contributed by atoms with E-state index >= 15 is 9.59 Å². The van der Waals surface area contributed by atoms with Gasteiger partial charge in [-0.2, -0.15) is 0 Å². The molecule has 0 aliphatic heterocycles. The predicted molar refractivity (Wildman–Crippen MR) is 194 cm³/mol. The molecule has 45 heavy (non-hydrogen) atoms. The topological polar surface area (TPSA) is 34.1 Å². The molecule has 5 heteroatoms. The van der Waals surface area contributed by atoms with Crippen LogP contribution in [0.2, 0.25) is 0 Å². The number of rotatable bonds is 10. The fourth-order valence-electron chi connectivity index (χ4n) is 6.77. The summed E-state index contributed by atoms with van der Waals surface area (Å²) in [6.45, 7) is 3.48. The zero-order valence-electron chi connectivity index (χ0n) is 25.5. The van der Waals surface area contributed by atoms with Crippen LogP contribution in [0, 0.1) is 0 Å². The Morgan fingerprint density at radius 3 is 0.622 bits per heavy atom. The van der Waals surface area contributed by atoms with Gasteiger partial charge >= 0.3 is 271 Å². The van der Waals surface area contributed by atoms with Crippen molar-refractivity contribution in [3.63, 3.8) is 0 Å². The SMILES string of the molecule is C[C](=O)[Pd]([C](C)=O)([PH](c1ccccc1)(c1ccccc1)c1ccccc1)[PH](c1ccccc1)(c1ccccc1)c1ccccc1. The Labute approximate surface area is 269 Å². The van der Waals surface area contributed by atoms with Gasteiger partial charge in [0, 0.05) is 0 Å². The van der Waals surface area contributed by atoms with Crippen molar-refractivity contribution in [3.8, 4) is 0 Å². The van der Waals surface area contributed by atoms with E-state index in [0.717, 1.165) is 31.8 Å². The number of benzene rings is 6.